The van der Waals surface area contributed by atoms with Crippen molar-refractivity contribution in [1.29, 1.82) is 0 Å². The second kappa shape index (κ2) is 4.54. The Morgan fingerprint density at radius 3 is 3.00 bits per heavy atom. The molecular weight excluding hydrogens is 208 g/mol. The molecule has 0 aromatic heterocycles. The zero-order valence-electron chi connectivity index (χ0n) is 8.12. The largest absolute Gasteiger partial charge is 0.385 e. The van der Waals surface area contributed by atoms with Crippen LogP contribution in [0, 0.1) is 0 Å². The molecule has 1 saturated heterocycles. The van der Waals surface area contributed by atoms with Crippen LogP contribution >= 0.6 is 0 Å². The van der Waals surface area contributed by atoms with E-state index in [9.17, 15) is 13.5 Å². The van der Waals surface area contributed by atoms with Crippen molar-refractivity contribution in [3.63, 3.8) is 0 Å². The van der Waals surface area contributed by atoms with Gasteiger partial charge in [-0.15, -0.1) is 0 Å². The normalized spacial score (nSPS) is 29.9. The summed E-state index contributed by atoms with van der Waals surface area (Å²) in [4.78, 5) is 0. The second-order valence-electron chi connectivity index (χ2n) is 3.55. The Morgan fingerprint density at radius 1 is 1.64 bits per heavy atom. The predicted molar refractivity (Wildman–Crippen MR) is 51.5 cm³/mol. The van der Waals surface area contributed by atoms with Crippen molar-refractivity contribution in [2.24, 2.45) is 0 Å². The molecule has 1 aliphatic heterocycles. The highest BCUT2D eigenvalue weighted by molar-refractivity contribution is 7.88. The third kappa shape index (κ3) is 4.34. The van der Waals surface area contributed by atoms with Crippen molar-refractivity contribution in [3.05, 3.63) is 0 Å². The van der Waals surface area contributed by atoms with Gasteiger partial charge in [-0.05, 0) is 0 Å². The Hall–Kier alpha value is -0.210. The molecule has 0 spiro atoms. The fourth-order valence-electron chi connectivity index (χ4n) is 1.16. The average Bonchev–Trinajstić information content (AvgIpc) is 2.27. The van der Waals surface area contributed by atoms with Crippen molar-refractivity contribution >= 4 is 10.0 Å². The summed E-state index contributed by atoms with van der Waals surface area (Å²) in [6.45, 7) is 1.64. The van der Waals surface area contributed by atoms with Crippen LogP contribution in [-0.4, -0.2) is 58.2 Å². The Bertz CT molecular complexity index is 269. The van der Waals surface area contributed by atoms with E-state index in [0.717, 1.165) is 6.26 Å². The van der Waals surface area contributed by atoms with Gasteiger partial charge in [0.2, 0.25) is 10.0 Å². The third-order valence-corrected chi connectivity index (χ3v) is 2.58. The van der Waals surface area contributed by atoms with Crippen LogP contribution in [0.2, 0.25) is 0 Å². The van der Waals surface area contributed by atoms with E-state index in [2.05, 4.69) is 10.0 Å². The first-order valence-electron chi connectivity index (χ1n) is 4.37. The van der Waals surface area contributed by atoms with Gasteiger partial charge < -0.3 is 15.2 Å². The molecule has 0 aliphatic carbocycles. The quantitative estimate of drug-likeness (QED) is 0.510. The first-order chi connectivity index (χ1) is 6.41. The van der Waals surface area contributed by atoms with E-state index in [-0.39, 0.29) is 13.2 Å². The van der Waals surface area contributed by atoms with Crippen molar-refractivity contribution in [2.75, 3.05) is 39.1 Å². The minimum atomic E-state index is -3.27. The van der Waals surface area contributed by atoms with Gasteiger partial charge in [0, 0.05) is 19.6 Å². The van der Waals surface area contributed by atoms with E-state index in [0.29, 0.717) is 19.7 Å². The molecule has 0 unspecified atom stereocenters. The number of ether oxygens (including phenoxy) is 1. The molecule has 14 heavy (non-hydrogen) atoms. The number of rotatable bonds is 3. The first-order valence-corrected chi connectivity index (χ1v) is 6.26. The van der Waals surface area contributed by atoms with Crippen LogP contribution in [0.4, 0.5) is 0 Å². The van der Waals surface area contributed by atoms with Crippen LogP contribution in [0.3, 0.4) is 0 Å². The lowest BCUT2D eigenvalue weighted by atomic mass is 10.1. The minimum Gasteiger partial charge on any atom is -0.385 e. The molecule has 0 aromatic carbocycles. The molecule has 0 radical (unpaired) electrons. The van der Waals surface area contributed by atoms with Crippen molar-refractivity contribution < 1.29 is 18.3 Å². The van der Waals surface area contributed by atoms with Crippen LogP contribution in [0.1, 0.15) is 0 Å². The summed E-state index contributed by atoms with van der Waals surface area (Å²) >= 11 is 0. The van der Waals surface area contributed by atoms with E-state index >= 15 is 0 Å². The summed E-state index contributed by atoms with van der Waals surface area (Å²) in [5, 5.41) is 12.9. The van der Waals surface area contributed by atoms with Gasteiger partial charge in [-0.3, -0.25) is 0 Å². The smallest absolute Gasteiger partial charge is 0.208 e. The van der Waals surface area contributed by atoms with Gasteiger partial charge in [0.25, 0.3) is 0 Å². The first kappa shape index (κ1) is 11.9. The molecule has 3 N–H and O–H groups in total. The molecule has 0 saturated carbocycles. The van der Waals surface area contributed by atoms with Crippen molar-refractivity contribution in [1.82, 2.24) is 10.0 Å². The SMILES string of the molecule is CS(=O)(=O)NC[C@@]1(O)CNCCOC1. The maximum Gasteiger partial charge on any atom is 0.208 e. The molecule has 84 valence electrons. The number of aliphatic hydroxyl groups is 1. The standard InChI is InChI=1S/C7H16N2O4S/c1-14(11,12)9-5-7(10)4-8-2-3-13-6-7/h8-10H,2-6H2,1H3/t7-/m0/s1. The number of hydrogen-bond acceptors (Lipinski definition) is 5. The van der Waals surface area contributed by atoms with E-state index in [1.807, 2.05) is 0 Å². The monoisotopic (exact) mass is 224 g/mol. The zero-order chi connectivity index (χ0) is 10.7. The lowest BCUT2D eigenvalue weighted by Gasteiger charge is -2.25. The molecule has 1 heterocycles. The van der Waals surface area contributed by atoms with E-state index in [4.69, 9.17) is 4.74 Å². The summed E-state index contributed by atoms with van der Waals surface area (Å²) in [5.74, 6) is 0. The fourth-order valence-corrected chi connectivity index (χ4v) is 1.69. The molecule has 6 nitrogen and oxygen atoms in total. The van der Waals surface area contributed by atoms with E-state index in [1.165, 1.54) is 0 Å². The van der Waals surface area contributed by atoms with E-state index < -0.39 is 15.6 Å². The number of sulfonamides is 1. The third-order valence-electron chi connectivity index (χ3n) is 1.91. The summed E-state index contributed by atoms with van der Waals surface area (Å²) in [5.41, 5.74) is -1.15. The molecule has 1 rings (SSSR count). The van der Waals surface area contributed by atoms with E-state index in [1.54, 1.807) is 0 Å². The lowest BCUT2D eigenvalue weighted by Crippen LogP contribution is -2.51. The summed E-state index contributed by atoms with van der Waals surface area (Å²) in [6, 6.07) is 0. The zero-order valence-corrected chi connectivity index (χ0v) is 8.93. The van der Waals surface area contributed by atoms with Crippen molar-refractivity contribution in [3.8, 4) is 0 Å². The number of hydrogen-bond donors (Lipinski definition) is 3. The Labute approximate surface area is 83.7 Å². The van der Waals surface area contributed by atoms with Gasteiger partial charge in [-0.25, -0.2) is 13.1 Å². The van der Waals surface area contributed by atoms with Crippen LogP contribution in [0.25, 0.3) is 0 Å². The van der Waals surface area contributed by atoms with Gasteiger partial charge in [-0.2, -0.15) is 0 Å². The topological polar surface area (TPSA) is 87.7 Å². The Balaban J connectivity index is 2.47. The van der Waals surface area contributed by atoms with Crippen molar-refractivity contribution in [2.45, 2.75) is 5.60 Å². The van der Waals surface area contributed by atoms with Crippen LogP contribution < -0.4 is 10.0 Å². The van der Waals surface area contributed by atoms with Gasteiger partial charge >= 0.3 is 0 Å². The summed E-state index contributed by atoms with van der Waals surface area (Å²) in [6.07, 6.45) is 1.06. The van der Waals surface area contributed by atoms with Crippen LogP contribution in [-0.2, 0) is 14.8 Å². The highest BCUT2D eigenvalue weighted by Gasteiger charge is 2.29. The second-order valence-corrected chi connectivity index (χ2v) is 5.38. The maximum atomic E-state index is 10.8. The molecule has 0 amide bonds. The molecule has 7 heteroatoms. The summed E-state index contributed by atoms with van der Waals surface area (Å²) < 4.78 is 29.0. The highest BCUT2D eigenvalue weighted by Crippen LogP contribution is 2.05. The van der Waals surface area contributed by atoms with Gasteiger partial charge in [-0.1, -0.05) is 0 Å². The van der Waals surface area contributed by atoms with Gasteiger partial charge in [0.15, 0.2) is 0 Å². The molecule has 1 aliphatic rings. The minimum absolute atomic E-state index is 0.0289. The molecule has 1 fully saturated rings. The van der Waals surface area contributed by atoms with Gasteiger partial charge in [0.05, 0.1) is 19.5 Å². The average molecular weight is 224 g/mol. The number of nitrogens with one attached hydrogen (secondary N) is 2. The van der Waals surface area contributed by atoms with Crippen LogP contribution in [0.15, 0.2) is 0 Å². The summed E-state index contributed by atoms with van der Waals surface area (Å²) in [7, 11) is -3.27. The molecule has 1 atom stereocenters. The number of β-amino-alcohol motifs (C(OH)–C–C–N with tert-alkyl or cyclic N) is 1. The fraction of sp³-hybridized carbons (Fsp3) is 1.00. The molecular formula is C7H16N2O4S. The Kier molecular flexibility index (Phi) is 3.85. The maximum absolute atomic E-state index is 10.8. The molecule has 0 bridgehead atoms. The molecule has 0 aromatic rings. The highest BCUT2D eigenvalue weighted by atomic mass is 32.2. The Morgan fingerprint density at radius 2 is 2.36 bits per heavy atom. The lowest BCUT2D eigenvalue weighted by molar-refractivity contribution is -0.0229. The van der Waals surface area contributed by atoms with Crippen LogP contribution in [0.5, 0.6) is 0 Å². The van der Waals surface area contributed by atoms with Gasteiger partial charge in [0.1, 0.15) is 5.60 Å². The predicted octanol–water partition coefficient (Wildman–Crippen LogP) is -2.11.